The Kier molecular flexibility index (Phi) is 5.16. The van der Waals surface area contributed by atoms with E-state index < -0.39 is 10.2 Å². The fourth-order valence-corrected chi connectivity index (χ4v) is 4.33. The SMILES string of the molecule is CCn1nccc1-c1cncc(C[C@H]2CCN(S(=O)(=O)N(C)C)C2)n1. The standard InChI is InChI=1S/C16H24N6O2S/c1-4-22-16(5-7-18-22)15-11-17-10-14(19-15)9-13-6-8-21(12-13)25(23,24)20(2)3/h5,7,10-11,13H,4,6,8-9,12H2,1-3H3/t13-/m1/s1. The predicted molar refractivity (Wildman–Crippen MR) is 94.9 cm³/mol. The van der Waals surface area contributed by atoms with Gasteiger partial charge < -0.3 is 0 Å². The molecule has 1 atom stereocenters. The van der Waals surface area contributed by atoms with Crippen molar-refractivity contribution in [3.63, 3.8) is 0 Å². The molecule has 0 aromatic carbocycles. The summed E-state index contributed by atoms with van der Waals surface area (Å²) in [7, 11) is -0.207. The molecule has 0 amide bonds. The van der Waals surface area contributed by atoms with Gasteiger partial charge in [0.2, 0.25) is 0 Å². The van der Waals surface area contributed by atoms with Crippen molar-refractivity contribution in [2.45, 2.75) is 26.3 Å². The van der Waals surface area contributed by atoms with E-state index in [-0.39, 0.29) is 5.92 Å². The summed E-state index contributed by atoms with van der Waals surface area (Å²) in [6.45, 7) is 3.89. The third-order valence-electron chi connectivity index (χ3n) is 4.50. The molecule has 2 aromatic heterocycles. The van der Waals surface area contributed by atoms with Crippen molar-refractivity contribution in [1.29, 1.82) is 0 Å². The zero-order valence-electron chi connectivity index (χ0n) is 14.8. The highest BCUT2D eigenvalue weighted by Gasteiger charge is 2.32. The van der Waals surface area contributed by atoms with Crippen molar-refractivity contribution in [2.75, 3.05) is 27.2 Å². The van der Waals surface area contributed by atoms with Crippen LogP contribution in [0.4, 0.5) is 0 Å². The highest BCUT2D eigenvalue weighted by Crippen LogP contribution is 2.24. The van der Waals surface area contributed by atoms with E-state index in [1.54, 1.807) is 37.0 Å². The minimum Gasteiger partial charge on any atom is -0.264 e. The van der Waals surface area contributed by atoms with E-state index in [9.17, 15) is 8.42 Å². The van der Waals surface area contributed by atoms with E-state index in [1.165, 1.54) is 4.31 Å². The summed E-state index contributed by atoms with van der Waals surface area (Å²) in [5.74, 6) is 0.260. The number of rotatable bonds is 6. The number of hydrogen-bond acceptors (Lipinski definition) is 5. The normalized spacial score (nSPS) is 19.0. The largest absolute Gasteiger partial charge is 0.281 e. The van der Waals surface area contributed by atoms with E-state index in [4.69, 9.17) is 4.98 Å². The van der Waals surface area contributed by atoms with E-state index >= 15 is 0 Å². The second-order valence-electron chi connectivity index (χ2n) is 6.43. The van der Waals surface area contributed by atoms with Crippen molar-refractivity contribution in [3.8, 4) is 11.4 Å². The number of hydrogen-bond donors (Lipinski definition) is 0. The summed E-state index contributed by atoms with van der Waals surface area (Å²) in [5, 5.41) is 4.27. The molecule has 25 heavy (non-hydrogen) atoms. The molecule has 1 fully saturated rings. The van der Waals surface area contributed by atoms with Crippen molar-refractivity contribution in [1.82, 2.24) is 28.4 Å². The van der Waals surface area contributed by atoms with Gasteiger partial charge in [0.05, 0.1) is 17.6 Å². The van der Waals surface area contributed by atoms with Crippen LogP contribution in [-0.4, -0.2) is 64.0 Å². The van der Waals surface area contributed by atoms with Gasteiger partial charge in [0.1, 0.15) is 5.69 Å². The fraction of sp³-hybridized carbons (Fsp3) is 0.562. The predicted octanol–water partition coefficient (Wildman–Crippen LogP) is 1.03. The van der Waals surface area contributed by atoms with Gasteiger partial charge in [-0.2, -0.15) is 22.1 Å². The lowest BCUT2D eigenvalue weighted by atomic mass is 10.0. The molecule has 0 aliphatic carbocycles. The summed E-state index contributed by atoms with van der Waals surface area (Å²) < 4.78 is 29.1. The van der Waals surface area contributed by atoms with Gasteiger partial charge in [-0.05, 0) is 31.7 Å². The van der Waals surface area contributed by atoms with Gasteiger partial charge in [-0.15, -0.1) is 0 Å². The van der Waals surface area contributed by atoms with E-state index in [0.717, 1.165) is 36.5 Å². The molecule has 0 N–H and O–H groups in total. The molecule has 2 aromatic rings. The number of nitrogens with zero attached hydrogens (tertiary/aromatic N) is 6. The van der Waals surface area contributed by atoms with Gasteiger partial charge in [0.25, 0.3) is 10.2 Å². The molecule has 0 radical (unpaired) electrons. The Morgan fingerprint density at radius 3 is 2.84 bits per heavy atom. The minimum absolute atomic E-state index is 0.260. The van der Waals surface area contributed by atoms with Crippen molar-refractivity contribution < 1.29 is 8.42 Å². The maximum absolute atomic E-state index is 12.2. The lowest BCUT2D eigenvalue weighted by molar-refractivity contribution is 0.409. The lowest BCUT2D eigenvalue weighted by Crippen LogP contribution is -2.38. The van der Waals surface area contributed by atoms with Crippen LogP contribution in [0.1, 0.15) is 19.0 Å². The average Bonchev–Trinajstić information content (AvgIpc) is 3.24. The van der Waals surface area contributed by atoms with Gasteiger partial charge in [-0.1, -0.05) is 0 Å². The Hall–Kier alpha value is -1.84. The third-order valence-corrected chi connectivity index (χ3v) is 6.40. The Balaban J connectivity index is 1.72. The third kappa shape index (κ3) is 3.73. The molecule has 3 heterocycles. The van der Waals surface area contributed by atoms with Crippen LogP contribution in [-0.2, 0) is 23.2 Å². The molecule has 1 saturated heterocycles. The van der Waals surface area contributed by atoms with Crippen LogP contribution in [0.15, 0.2) is 24.7 Å². The Morgan fingerprint density at radius 1 is 1.32 bits per heavy atom. The van der Waals surface area contributed by atoms with E-state index in [0.29, 0.717) is 13.1 Å². The molecule has 9 heteroatoms. The maximum Gasteiger partial charge on any atom is 0.281 e. The van der Waals surface area contributed by atoms with Crippen molar-refractivity contribution in [3.05, 3.63) is 30.4 Å². The second-order valence-corrected chi connectivity index (χ2v) is 8.58. The van der Waals surface area contributed by atoms with Crippen LogP contribution in [0.2, 0.25) is 0 Å². The van der Waals surface area contributed by atoms with Crippen LogP contribution < -0.4 is 0 Å². The zero-order chi connectivity index (χ0) is 18.0. The Morgan fingerprint density at radius 2 is 2.12 bits per heavy atom. The molecular weight excluding hydrogens is 340 g/mol. The van der Waals surface area contributed by atoms with E-state index in [2.05, 4.69) is 10.1 Å². The van der Waals surface area contributed by atoms with Gasteiger partial charge in [0, 0.05) is 46.1 Å². The molecule has 136 valence electrons. The minimum atomic E-state index is -3.34. The first-order chi connectivity index (χ1) is 11.9. The van der Waals surface area contributed by atoms with Crippen LogP contribution in [0, 0.1) is 5.92 Å². The summed E-state index contributed by atoms with van der Waals surface area (Å²) in [5.41, 5.74) is 2.63. The summed E-state index contributed by atoms with van der Waals surface area (Å²) in [6, 6.07) is 1.93. The van der Waals surface area contributed by atoms with Gasteiger partial charge in [0.15, 0.2) is 0 Å². The molecule has 1 aliphatic rings. The second kappa shape index (κ2) is 7.19. The summed E-state index contributed by atoms with van der Waals surface area (Å²) >= 11 is 0. The first-order valence-corrected chi connectivity index (χ1v) is 9.82. The van der Waals surface area contributed by atoms with Crippen molar-refractivity contribution in [2.24, 2.45) is 5.92 Å². The average molecular weight is 364 g/mol. The molecule has 8 nitrogen and oxygen atoms in total. The molecule has 1 aliphatic heterocycles. The van der Waals surface area contributed by atoms with Gasteiger partial charge in [-0.3, -0.25) is 9.67 Å². The van der Waals surface area contributed by atoms with Crippen LogP contribution >= 0.6 is 0 Å². The molecule has 0 unspecified atom stereocenters. The molecule has 0 saturated carbocycles. The molecule has 3 rings (SSSR count). The first kappa shape index (κ1) is 18.0. The summed E-state index contributed by atoms with van der Waals surface area (Å²) in [6.07, 6.45) is 6.82. The van der Waals surface area contributed by atoms with E-state index in [1.807, 2.05) is 17.7 Å². The maximum atomic E-state index is 12.2. The number of aromatic nitrogens is 4. The van der Waals surface area contributed by atoms with Crippen LogP contribution in [0.5, 0.6) is 0 Å². The summed E-state index contributed by atoms with van der Waals surface area (Å²) in [4.78, 5) is 9.02. The molecule has 0 spiro atoms. The van der Waals surface area contributed by atoms with Gasteiger partial charge >= 0.3 is 0 Å². The Bertz CT molecular complexity index is 833. The lowest BCUT2D eigenvalue weighted by Gasteiger charge is -2.20. The quantitative estimate of drug-likeness (QED) is 0.764. The smallest absolute Gasteiger partial charge is 0.264 e. The molecular formula is C16H24N6O2S. The van der Waals surface area contributed by atoms with Crippen molar-refractivity contribution >= 4 is 10.2 Å². The van der Waals surface area contributed by atoms with Crippen LogP contribution in [0.25, 0.3) is 11.4 Å². The monoisotopic (exact) mass is 364 g/mol. The van der Waals surface area contributed by atoms with Gasteiger partial charge in [-0.25, -0.2) is 4.98 Å². The number of aryl methyl sites for hydroxylation is 1. The first-order valence-electron chi connectivity index (χ1n) is 8.42. The highest BCUT2D eigenvalue weighted by atomic mass is 32.2. The highest BCUT2D eigenvalue weighted by molar-refractivity contribution is 7.86. The topological polar surface area (TPSA) is 84.2 Å². The van der Waals surface area contributed by atoms with Crippen LogP contribution in [0.3, 0.4) is 0 Å². The zero-order valence-corrected chi connectivity index (χ0v) is 15.6. The Labute approximate surface area is 148 Å². The fourth-order valence-electron chi connectivity index (χ4n) is 3.13. The molecule has 0 bridgehead atoms.